The van der Waals surface area contributed by atoms with Crippen LogP contribution in [0.2, 0.25) is 0 Å². The van der Waals surface area contributed by atoms with Crippen LogP contribution in [0.3, 0.4) is 0 Å². The first-order chi connectivity index (χ1) is 6.39. The van der Waals surface area contributed by atoms with E-state index in [4.69, 9.17) is 0 Å². The highest BCUT2D eigenvalue weighted by molar-refractivity contribution is 7.90. The molecular weight excluding hydrogens is 198 g/mol. The quantitative estimate of drug-likeness (QED) is 0.707. The summed E-state index contributed by atoms with van der Waals surface area (Å²) in [5, 5.41) is 3.23. The van der Waals surface area contributed by atoms with E-state index >= 15 is 0 Å². The molecule has 86 valence electrons. The van der Waals surface area contributed by atoms with Crippen LogP contribution in [-0.4, -0.2) is 33.0 Å². The predicted octanol–water partition coefficient (Wildman–Crippen LogP) is 1.45. The van der Waals surface area contributed by atoms with Gasteiger partial charge in [0, 0.05) is 12.3 Å². The summed E-state index contributed by atoms with van der Waals surface area (Å²) in [6.07, 6.45) is 3.34. The molecule has 0 heterocycles. The van der Waals surface area contributed by atoms with Gasteiger partial charge in [-0.05, 0) is 18.9 Å². The number of nitrogens with one attached hydrogen (secondary N) is 1. The molecule has 2 unspecified atom stereocenters. The van der Waals surface area contributed by atoms with Crippen molar-refractivity contribution in [3.05, 3.63) is 0 Å². The van der Waals surface area contributed by atoms with Crippen molar-refractivity contribution in [2.24, 2.45) is 5.92 Å². The summed E-state index contributed by atoms with van der Waals surface area (Å²) >= 11 is 0. The fourth-order valence-corrected chi connectivity index (χ4v) is 2.50. The highest BCUT2D eigenvalue weighted by Gasteiger charge is 2.16. The van der Waals surface area contributed by atoms with Crippen molar-refractivity contribution >= 4 is 9.84 Å². The second-order valence-electron chi connectivity index (χ2n) is 4.10. The van der Waals surface area contributed by atoms with E-state index in [0.29, 0.717) is 5.92 Å². The van der Waals surface area contributed by atoms with Gasteiger partial charge in [0.1, 0.15) is 9.84 Å². The topological polar surface area (TPSA) is 46.2 Å². The van der Waals surface area contributed by atoms with Gasteiger partial charge in [-0.25, -0.2) is 8.42 Å². The van der Waals surface area contributed by atoms with E-state index in [0.717, 1.165) is 19.4 Å². The van der Waals surface area contributed by atoms with Crippen molar-refractivity contribution in [1.29, 1.82) is 0 Å². The molecule has 3 nitrogen and oxygen atoms in total. The van der Waals surface area contributed by atoms with E-state index in [1.54, 1.807) is 0 Å². The van der Waals surface area contributed by atoms with Gasteiger partial charge >= 0.3 is 0 Å². The van der Waals surface area contributed by atoms with Crippen molar-refractivity contribution in [2.45, 2.75) is 39.7 Å². The maximum atomic E-state index is 11.1. The lowest BCUT2D eigenvalue weighted by molar-refractivity contribution is 0.419. The van der Waals surface area contributed by atoms with Crippen LogP contribution in [-0.2, 0) is 9.84 Å². The van der Waals surface area contributed by atoms with Crippen molar-refractivity contribution in [1.82, 2.24) is 5.32 Å². The normalized spacial score (nSPS) is 16.6. The van der Waals surface area contributed by atoms with Crippen LogP contribution in [0, 0.1) is 5.92 Å². The molecule has 0 fully saturated rings. The first kappa shape index (κ1) is 13.9. The Morgan fingerprint density at radius 2 is 1.86 bits per heavy atom. The molecule has 0 amide bonds. The highest BCUT2D eigenvalue weighted by Crippen LogP contribution is 2.11. The van der Waals surface area contributed by atoms with Gasteiger partial charge < -0.3 is 5.32 Å². The molecule has 0 aliphatic carbocycles. The molecule has 0 saturated carbocycles. The van der Waals surface area contributed by atoms with Crippen LogP contribution in [0.4, 0.5) is 0 Å². The summed E-state index contributed by atoms with van der Waals surface area (Å²) in [4.78, 5) is 0. The summed E-state index contributed by atoms with van der Waals surface area (Å²) in [5.41, 5.74) is 0. The van der Waals surface area contributed by atoms with Crippen LogP contribution >= 0.6 is 0 Å². The first-order valence-electron chi connectivity index (χ1n) is 5.30. The molecule has 4 heteroatoms. The first-order valence-corrected chi connectivity index (χ1v) is 7.36. The van der Waals surface area contributed by atoms with Gasteiger partial charge in [0.05, 0.1) is 5.75 Å². The van der Waals surface area contributed by atoms with Gasteiger partial charge in [-0.2, -0.15) is 0 Å². The van der Waals surface area contributed by atoms with Crippen molar-refractivity contribution in [2.75, 3.05) is 18.6 Å². The van der Waals surface area contributed by atoms with Crippen molar-refractivity contribution in [3.63, 3.8) is 0 Å². The molecule has 1 N–H and O–H groups in total. The van der Waals surface area contributed by atoms with Crippen LogP contribution in [0.25, 0.3) is 0 Å². The van der Waals surface area contributed by atoms with E-state index in [1.165, 1.54) is 6.26 Å². The summed E-state index contributed by atoms with van der Waals surface area (Å²) in [7, 11) is -2.86. The van der Waals surface area contributed by atoms with E-state index in [9.17, 15) is 8.42 Å². The van der Waals surface area contributed by atoms with Gasteiger partial charge in [-0.3, -0.25) is 0 Å². The number of hydrogen-bond acceptors (Lipinski definition) is 3. The molecule has 0 rings (SSSR count). The third-order valence-corrected chi connectivity index (χ3v) is 3.39. The summed E-state index contributed by atoms with van der Waals surface area (Å²) in [5.74, 6) is 0.839. The SMILES string of the molecule is CCNC(CC(C)CC)CS(C)(=O)=O. The molecule has 0 aromatic carbocycles. The van der Waals surface area contributed by atoms with E-state index in [1.807, 2.05) is 6.92 Å². The lowest BCUT2D eigenvalue weighted by Crippen LogP contribution is -2.36. The van der Waals surface area contributed by atoms with Crippen molar-refractivity contribution < 1.29 is 8.42 Å². The largest absolute Gasteiger partial charge is 0.313 e. The zero-order valence-corrected chi connectivity index (χ0v) is 10.5. The Kier molecular flexibility index (Phi) is 6.36. The van der Waals surface area contributed by atoms with Crippen LogP contribution in [0.1, 0.15) is 33.6 Å². The maximum absolute atomic E-state index is 11.1. The smallest absolute Gasteiger partial charge is 0.148 e. The van der Waals surface area contributed by atoms with Crippen molar-refractivity contribution in [3.8, 4) is 0 Å². The highest BCUT2D eigenvalue weighted by atomic mass is 32.2. The predicted molar refractivity (Wildman–Crippen MR) is 61.2 cm³/mol. The maximum Gasteiger partial charge on any atom is 0.148 e. The molecule has 0 aliphatic heterocycles. The standard InChI is InChI=1S/C10H23NO2S/c1-5-9(3)7-10(11-6-2)8-14(4,12)13/h9-11H,5-8H2,1-4H3. The Bertz CT molecular complexity index is 237. The lowest BCUT2D eigenvalue weighted by Gasteiger charge is -2.20. The van der Waals surface area contributed by atoms with Gasteiger partial charge in [-0.1, -0.05) is 27.2 Å². The Hall–Kier alpha value is -0.0900. The summed E-state index contributed by atoms with van der Waals surface area (Å²) in [6.45, 7) is 7.13. The molecule has 0 aromatic rings. The molecule has 0 bridgehead atoms. The Morgan fingerprint density at radius 3 is 2.21 bits per heavy atom. The molecule has 14 heavy (non-hydrogen) atoms. The molecular formula is C10H23NO2S. The minimum atomic E-state index is -2.86. The Balaban J connectivity index is 4.15. The fraction of sp³-hybridized carbons (Fsp3) is 1.00. The molecule has 0 aromatic heterocycles. The molecule has 0 radical (unpaired) electrons. The molecule has 0 spiro atoms. The van der Waals surface area contributed by atoms with E-state index in [2.05, 4.69) is 19.2 Å². The monoisotopic (exact) mass is 221 g/mol. The Labute approximate surface area is 88.2 Å². The van der Waals surface area contributed by atoms with E-state index in [-0.39, 0.29) is 11.8 Å². The lowest BCUT2D eigenvalue weighted by atomic mass is 10.0. The molecule has 0 aliphatic rings. The molecule has 0 saturated heterocycles. The number of rotatable bonds is 7. The fourth-order valence-electron chi connectivity index (χ4n) is 1.52. The second-order valence-corrected chi connectivity index (χ2v) is 6.28. The van der Waals surface area contributed by atoms with E-state index < -0.39 is 9.84 Å². The summed E-state index contributed by atoms with van der Waals surface area (Å²) in [6, 6.07) is 0.116. The third kappa shape index (κ3) is 7.33. The van der Waals surface area contributed by atoms with Gasteiger partial charge in [-0.15, -0.1) is 0 Å². The van der Waals surface area contributed by atoms with Gasteiger partial charge in [0.15, 0.2) is 0 Å². The average molecular weight is 221 g/mol. The number of hydrogen-bond donors (Lipinski definition) is 1. The second kappa shape index (κ2) is 6.40. The summed E-state index contributed by atoms with van der Waals surface area (Å²) < 4.78 is 22.3. The zero-order valence-electron chi connectivity index (χ0n) is 9.71. The number of sulfone groups is 1. The van der Waals surface area contributed by atoms with Crippen LogP contribution in [0.5, 0.6) is 0 Å². The average Bonchev–Trinajstić information content (AvgIpc) is 2.01. The molecule has 2 atom stereocenters. The van der Waals surface area contributed by atoms with Gasteiger partial charge in [0.2, 0.25) is 0 Å². The van der Waals surface area contributed by atoms with Gasteiger partial charge in [0.25, 0.3) is 0 Å². The van der Waals surface area contributed by atoms with Crippen LogP contribution < -0.4 is 5.32 Å². The van der Waals surface area contributed by atoms with Crippen LogP contribution in [0.15, 0.2) is 0 Å². The minimum absolute atomic E-state index is 0.116. The third-order valence-electron chi connectivity index (χ3n) is 2.38. The zero-order chi connectivity index (χ0) is 11.2. The Morgan fingerprint density at radius 1 is 1.29 bits per heavy atom. The minimum Gasteiger partial charge on any atom is -0.313 e.